The molecule has 0 saturated carbocycles. The number of ether oxygens (including phenoxy) is 3. The van der Waals surface area contributed by atoms with Gasteiger partial charge in [0.15, 0.2) is 5.76 Å². The summed E-state index contributed by atoms with van der Waals surface area (Å²) in [6.45, 7) is 1.60. The van der Waals surface area contributed by atoms with Crippen LogP contribution in [0.3, 0.4) is 0 Å². The summed E-state index contributed by atoms with van der Waals surface area (Å²) in [6, 6.07) is 10.3. The molecule has 0 N–H and O–H groups in total. The average molecular weight is 359 g/mol. The standard InChI is InChI=1S/C19H15ClO5/c1-11-7-13(24-17(21)10-23-2)9-15-18(11)19(22)16(25-15)8-12-5-3-4-6-14(12)20/h3-9H,10H2,1-2H3/b16-8-. The van der Waals surface area contributed by atoms with Gasteiger partial charge >= 0.3 is 5.97 Å². The molecule has 25 heavy (non-hydrogen) atoms. The minimum absolute atomic E-state index is 0.159. The van der Waals surface area contributed by atoms with Gasteiger partial charge in [0.25, 0.3) is 0 Å². The van der Waals surface area contributed by atoms with Crippen LogP contribution in [-0.2, 0) is 9.53 Å². The molecule has 0 aromatic heterocycles. The first kappa shape index (κ1) is 17.2. The lowest BCUT2D eigenvalue weighted by molar-refractivity contribution is -0.138. The van der Waals surface area contributed by atoms with E-state index in [0.717, 1.165) is 0 Å². The van der Waals surface area contributed by atoms with Gasteiger partial charge in [-0.3, -0.25) is 4.79 Å². The van der Waals surface area contributed by atoms with Crippen LogP contribution < -0.4 is 9.47 Å². The molecule has 2 aromatic carbocycles. The van der Waals surface area contributed by atoms with Crippen LogP contribution in [-0.4, -0.2) is 25.5 Å². The summed E-state index contributed by atoms with van der Waals surface area (Å²) >= 11 is 6.12. The summed E-state index contributed by atoms with van der Waals surface area (Å²) in [5, 5.41) is 0.522. The molecule has 0 radical (unpaired) electrons. The average Bonchev–Trinajstić information content (AvgIpc) is 2.86. The van der Waals surface area contributed by atoms with Crippen molar-refractivity contribution < 1.29 is 23.8 Å². The van der Waals surface area contributed by atoms with Gasteiger partial charge in [-0.1, -0.05) is 29.8 Å². The van der Waals surface area contributed by atoms with E-state index in [-0.39, 0.29) is 18.1 Å². The van der Waals surface area contributed by atoms with Crippen LogP contribution in [0.5, 0.6) is 11.5 Å². The number of hydrogen-bond acceptors (Lipinski definition) is 5. The highest BCUT2D eigenvalue weighted by atomic mass is 35.5. The number of benzene rings is 2. The van der Waals surface area contributed by atoms with Crippen molar-refractivity contribution in [1.82, 2.24) is 0 Å². The van der Waals surface area contributed by atoms with Crippen LogP contribution in [0, 0.1) is 6.92 Å². The van der Waals surface area contributed by atoms with Crippen molar-refractivity contribution in [3.8, 4) is 11.5 Å². The predicted octanol–water partition coefficient (Wildman–Crippen LogP) is 3.82. The fourth-order valence-electron chi connectivity index (χ4n) is 2.55. The lowest BCUT2D eigenvalue weighted by Crippen LogP contribution is -2.14. The second kappa shape index (κ2) is 7.09. The monoisotopic (exact) mass is 358 g/mol. The van der Waals surface area contributed by atoms with Crippen LogP contribution in [0.4, 0.5) is 0 Å². The zero-order chi connectivity index (χ0) is 18.0. The van der Waals surface area contributed by atoms with Crippen molar-refractivity contribution in [1.29, 1.82) is 0 Å². The number of allylic oxidation sites excluding steroid dienone is 1. The zero-order valence-corrected chi connectivity index (χ0v) is 14.4. The molecule has 0 bridgehead atoms. The first-order valence-electron chi connectivity index (χ1n) is 7.52. The molecule has 0 atom stereocenters. The second-order valence-corrected chi connectivity index (χ2v) is 5.89. The first-order chi connectivity index (χ1) is 12.0. The minimum Gasteiger partial charge on any atom is -0.452 e. The molecular weight excluding hydrogens is 344 g/mol. The van der Waals surface area contributed by atoms with Crippen molar-refractivity contribution in [3.05, 3.63) is 63.9 Å². The summed E-state index contributed by atoms with van der Waals surface area (Å²) in [4.78, 5) is 24.2. The Kier molecular flexibility index (Phi) is 4.88. The number of halogens is 1. The zero-order valence-electron chi connectivity index (χ0n) is 13.7. The van der Waals surface area contributed by atoms with Crippen LogP contribution in [0.25, 0.3) is 6.08 Å². The Morgan fingerprint density at radius 1 is 1.28 bits per heavy atom. The second-order valence-electron chi connectivity index (χ2n) is 5.48. The number of ketones is 1. The number of carbonyl (C=O) groups excluding carboxylic acids is 2. The van der Waals surface area contributed by atoms with Gasteiger partial charge in [-0.05, 0) is 36.3 Å². The van der Waals surface area contributed by atoms with Gasteiger partial charge in [-0.25, -0.2) is 4.79 Å². The highest BCUT2D eigenvalue weighted by Crippen LogP contribution is 2.38. The Morgan fingerprint density at radius 3 is 2.76 bits per heavy atom. The van der Waals surface area contributed by atoms with E-state index in [9.17, 15) is 9.59 Å². The number of esters is 1. The molecule has 1 heterocycles. The van der Waals surface area contributed by atoms with Crippen molar-refractivity contribution in [2.24, 2.45) is 0 Å². The normalized spacial score (nSPS) is 14.4. The van der Waals surface area contributed by atoms with Gasteiger partial charge in [0.1, 0.15) is 18.1 Å². The molecule has 1 aliphatic heterocycles. The molecule has 0 fully saturated rings. The highest BCUT2D eigenvalue weighted by molar-refractivity contribution is 6.32. The molecule has 2 aromatic rings. The van der Waals surface area contributed by atoms with E-state index in [2.05, 4.69) is 0 Å². The largest absolute Gasteiger partial charge is 0.452 e. The van der Waals surface area contributed by atoms with Crippen LogP contribution >= 0.6 is 11.6 Å². The van der Waals surface area contributed by atoms with Gasteiger partial charge in [0, 0.05) is 18.2 Å². The molecule has 0 saturated heterocycles. The highest BCUT2D eigenvalue weighted by Gasteiger charge is 2.30. The van der Waals surface area contributed by atoms with E-state index in [1.807, 2.05) is 6.07 Å². The number of aryl methyl sites for hydroxylation is 1. The number of Topliss-reactive ketones (excluding diaryl/α,β-unsaturated/α-hetero) is 1. The lowest BCUT2D eigenvalue weighted by Gasteiger charge is -2.07. The molecule has 0 amide bonds. The molecule has 0 unspecified atom stereocenters. The van der Waals surface area contributed by atoms with Crippen LogP contribution in [0.15, 0.2) is 42.2 Å². The minimum atomic E-state index is -0.530. The van der Waals surface area contributed by atoms with Crippen molar-refractivity contribution in [2.45, 2.75) is 6.92 Å². The number of hydrogen-bond donors (Lipinski definition) is 0. The number of carbonyl (C=O) groups is 2. The van der Waals surface area contributed by atoms with E-state index < -0.39 is 5.97 Å². The van der Waals surface area contributed by atoms with E-state index in [1.165, 1.54) is 13.2 Å². The quantitative estimate of drug-likeness (QED) is 0.472. The Morgan fingerprint density at radius 2 is 2.04 bits per heavy atom. The van der Waals surface area contributed by atoms with E-state index in [0.29, 0.717) is 33.2 Å². The molecule has 0 aliphatic carbocycles. The maximum Gasteiger partial charge on any atom is 0.337 e. The Bertz CT molecular complexity index is 885. The van der Waals surface area contributed by atoms with Crippen molar-refractivity contribution in [2.75, 3.05) is 13.7 Å². The van der Waals surface area contributed by atoms with Crippen LogP contribution in [0.1, 0.15) is 21.5 Å². The molecule has 3 rings (SSSR count). The molecule has 1 aliphatic rings. The smallest absolute Gasteiger partial charge is 0.337 e. The third-order valence-corrected chi connectivity index (χ3v) is 3.97. The molecule has 6 heteroatoms. The molecule has 0 spiro atoms. The fourth-order valence-corrected chi connectivity index (χ4v) is 2.74. The maximum atomic E-state index is 12.6. The number of fused-ring (bicyclic) bond motifs is 1. The summed E-state index contributed by atoms with van der Waals surface area (Å²) in [6.07, 6.45) is 1.60. The van der Waals surface area contributed by atoms with Gasteiger partial charge in [-0.15, -0.1) is 0 Å². The summed E-state index contributed by atoms with van der Waals surface area (Å²) in [5.41, 5.74) is 1.79. The number of methoxy groups -OCH3 is 1. The first-order valence-corrected chi connectivity index (χ1v) is 7.90. The van der Waals surface area contributed by atoms with Gasteiger partial charge in [0.2, 0.25) is 5.78 Å². The van der Waals surface area contributed by atoms with Gasteiger partial charge < -0.3 is 14.2 Å². The Balaban J connectivity index is 1.92. The maximum absolute atomic E-state index is 12.6. The number of rotatable bonds is 4. The summed E-state index contributed by atoms with van der Waals surface area (Å²) in [7, 11) is 1.41. The summed E-state index contributed by atoms with van der Waals surface area (Å²) in [5.74, 6) is 0.0559. The SMILES string of the molecule is COCC(=O)Oc1cc(C)c2c(c1)O/C(=C\c1ccccc1Cl)C2=O. The van der Waals surface area contributed by atoms with E-state index in [1.54, 1.807) is 37.3 Å². The predicted molar refractivity (Wildman–Crippen MR) is 93.1 cm³/mol. The Labute approximate surface area is 149 Å². The van der Waals surface area contributed by atoms with E-state index >= 15 is 0 Å². The Hall–Kier alpha value is -2.63. The van der Waals surface area contributed by atoms with Crippen molar-refractivity contribution >= 4 is 29.4 Å². The molecule has 5 nitrogen and oxygen atoms in total. The topological polar surface area (TPSA) is 61.8 Å². The van der Waals surface area contributed by atoms with E-state index in [4.69, 9.17) is 25.8 Å². The van der Waals surface area contributed by atoms with Gasteiger partial charge in [-0.2, -0.15) is 0 Å². The third-order valence-electron chi connectivity index (χ3n) is 3.63. The van der Waals surface area contributed by atoms with Crippen molar-refractivity contribution in [3.63, 3.8) is 0 Å². The molecular formula is C19H15ClO5. The fraction of sp³-hybridized carbons (Fsp3) is 0.158. The summed E-state index contributed by atoms with van der Waals surface area (Å²) < 4.78 is 15.6. The van der Waals surface area contributed by atoms with Crippen LogP contribution in [0.2, 0.25) is 5.02 Å². The lowest BCUT2D eigenvalue weighted by atomic mass is 10.0. The van der Waals surface area contributed by atoms with Gasteiger partial charge in [0.05, 0.1) is 5.56 Å². The molecule has 128 valence electrons. The third kappa shape index (κ3) is 3.57.